The Morgan fingerprint density at radius 3 is 2.43 bits per heavy atom. The first-order valence-corrected chi connectivity index (χ1v) is 7.61. The first-order valence-electron chi connectivity index (χ1n) is 7.61. The third kappa shape index (κ3) is 2.79. The number of benzene rings is 2. The molecule has 0 bridgehead atoms. The largest absolute Gasteiger partial charge is 0.308 e. The van der Waals surface area contributed by atoms with E-state index < -0.39 is 0 Å². The molecule has 0 fully saturated rings. The second-order valence-corrected chi connectivity index (χ2v) is 6.88. The Labute approximate surface area is 127 Å². The summed E-state index contributed by atoms with van der Waals surface area (Å²) in [5, 5.41) is 6.31. The molecule has 0 heterocycles. The topological polar surface area (TPSA) is 12.0 Å². The van der Waals surface area contributed by atoms with E-state index in [9.17, 15) is 0 Å². The summed E-state index contributed by atoms with van der Waals surface area (Å²) in [6, 6.07) is 15.3. The van der Waals surface area contributed by atoms with Crippen LogP contribution in [0, 0.1) is 0 Å². The van der Waals surface area contributed by atoms with Crippen molar-refractivity contribution in [2.45, 2.75) is 33.2 Å². The summed E-state index contributed by atoms with van der Waals surface area (Å²) < 4.78 is 0. The highest BCUT2D eigenvalue weighted by molar-refractivity contribution is 5.83. The molecule has 3 rings (SSSR count). The van der Waals surface area contributed by atoms with Crippen molar-refractivity contribution in [1.82, 2.24) is 5.32 Å². The van der Waals surface area contributed by atoms with Crippen molar-refractivity contribution in [2.75, 3.05) is 6.54 Å². The van der Waals surface area contributed by atoms with E-state index in [0.29, 0.717) is 0 Å². The van der Waals surface area contributed by atoms with Gasteiger partial charge in [-0.15, -0.1) is 0 Å². The maximum absolute atomic E-state index is 3.58. The van der Waals surface area contributed by atoms with Crippen LogP contribution >= 0.6 is 0 Å². The van der Waals surface area contributed by atoms with Gasteiger partial charge in [-0.1, -0.05) is 48.0 Å². The van der Waals surface area contributed by atoms with E-state index in [0.717, 1.165) is 6.54 Å². The third-order valence-corrected chi connectivity index (χ3v) is 4.00. The molecule has 0 spiro atoms. The minimum absolute atomic E-state index is 0.145. The first kappa shape index (κ1) is 14.1. The van der Waals surface area contributed by atoms with E-state index in [2.05, 4.69) is 81.6 Å². The Hall–Kier alpha value is -1.86. The molecule has 1 aliphatic rings. The van der Waals surface area contributed by atoms with Gasteiger partial charge in [0.05, 0.1) is 0 Å². The highest BCUT2D eigenvalue weighted by atomic mass is 14.9. The summed E-state index contributed by atoms with van der Waals surface area (Å²) in [7, 11) is 0. The van der Waals surface area contributed by atoms with Crippen molar-refractivity contribution in [3.63, 3.8) is 0 Å². The average Bonchev–Trinajstić information content (AvgIpc) is 2.82. The standard InChI is InChI=1S/C20H23N/c1-14(13-21-20(2,3)4)16-10-7-11-18-17-9-6-5-8-15(17)12-19(16)18/h5-12,21H,13H2,1-4H3. The van der Waals surface area contributed by atoms with Crippen LogP contribution < -0.4 is 15.8 Å². The summed E-state index contributed by atoms with van der Waals surface area (Å²) in [5.41, 5.74) is 5.58. The van der Waals surface area contributed by atoms with Crippen molar-refractivity contribution in [3.05, 3.63) is 58.5 Å². The Morgan fingerprint density at radius 1 is 0.952 bits per heavy atom. The summed E-state index contributed by atoms with van der Waals surface area (Å²) in [6.45, 7) is 9.77. The van der Waals surface area contributed by atoms with Crippen molar-refractivity contribution >= 4 is 11.6 Å². The Balaban J connectivity index is 2.11. The molecule has 1 heteroatoms. The van der Waals surface area contributed by atoms with Crippen LogP contribution in [0.2, 0.25) is 0 Å². The molecule has 1 N–H and O–H groups in total. The molecular weight excluding hydrogens is 254 g/mol. The van der Waals surface area contributed by atoms with Crippen LogP contribution in [-0.2, 0) is 0 Å². The van der Waals surface area contributed by atoms with Crippen LogP contribution in [0.5, 0.6) is 0 Å². The van der Waals surface area contributed by atoms with E-state index in [1.165, 1.54) is 32.7 Å². The van der Waals surface area contributed by atoms with E-state index in [1.54, 1.807) is 0 Å². The molecular formula is C20H23N. The highest BCUT2D eigenvalue weighted by Crippen LogP contribution is 2.24. The number of rotatable bonds is 2. The molecule has 0 aromatic heterocycles. The number of hydrogen-bond acceptors (Lipinski definition) is 1. The second kappa shape index (κ2) is 5.16. The SMILES string of the molecule is CC(CNC(C)(C)C)=c1cccc2c1=Cc1ccccc1-2. The molecule has 1 nitrogen and oxygen atoms in total. The lowest BCUT2D eigenvalue weighted by Gasteiger charge is -2.20. The molecule has 0 radical (unpaired) electrons. The predicted octanol–water partition coefficient (Wildman–Crippen LogP) is 3.05. The zero-order valence-electron chi connectivity index (χ0n) is 13.3. The minimum atomic E-state index is 0.145. The Bertz CT molecular complexity index is 791. The van der Waals surface area contributed by atoms with Crippen molar-refractivity contribution < 1.29 is 0 Å². The lowest BCUT2D eigenvalue weighted by molar-refractivity contribution is 0.451. The lowest BCUT2D eigenvalue weighted by atomic mass is 10.0. The van der Waals surface area contributed by atoms with Gasteiger partial charge in [0.15, 0.2) is 0 Å². The molecule has 1 aliphatic carbocycles. The number of hydrogen-bond donors (Lipinski definition) is 1. The van der Waals surface area contributed by atoms with Crippen LogP contribution in [0.15, 0.2) is 42.5 Å². The smallest absolute Gasteiger partial charge is 0.0175 e. The van der Waals surface area contributed by atoms with Gasteiger partial charge in [-0.2, -0.15) is 0 Å². The lowest BCUT2D eigenvalue weighted by Crippen LogP contribution is -2.39. The van der Waals surface area contributed by atoms with Gasteiger partial charge in [0.2, 0.25) is 0 Å². The van der Waals surface area contributed by atoms with Crippen LogP contribution in [0.25, 0.3) is 22.8 Å². The summed E-state index contributed by atoms with van der Waals surface area (Å²) >= 11 is 0. The van der Waals surface area contributed by atoms with Crippen LogP contribution in [0.1, 0.15) is 33.3 Å². The molecule has 2 aromatic carbocycles. The molecule has 2 aromatic rings. The summed E-state index contributed by atoms with van der Waals surface area (Å²) in [6.07, 6.45) is 2.32. The molecule has 0 atom stereocenters. The Morgan fingerprint density at radius 2 is 1.67 bits per heavy atom. The van der Waals surface area contributed by atoms with E-state index in [1.807, 2.05) is 0 Å². The minimum Gasteiger partial charge on any atom is -0.308 e. The summed E-state index contributed by atoms with van der Waals surface area (Å²) in [4.78, 5) is 0. The molecule has 21 heavy (non-hydrogen) atoms. The molecule has 108 valence electrons. The zero-order chi connectivity index (χ0) is 15.0. The number of nitrogens with one attached hydrogen (secondary N) is 1. The Kier molecular flexibility index (Phi) is 3.46. The molecule has 0 saturated carbocycles. The zero-order valence-corrected chi connectivity index (χ0v) is 13.3. The van der Waals surface area contributed by atoms with Gasteiger partial charge in [-0.3, -0.25) is 0 Å². The molecule has 0 unspecified atom stereocenters. The molecule has 0 saturated heterocycles. The van der Waals surface area contributed by atoms with Crippen molar-refractivity contribution in [2.24, 2.45) is 0 Å². The van der Waals surface area contributed by atoms with E-state index >= 15 is 0 Å². The van der Waals surface area contributed by atoms with Crippen LogP contribution in [-0.4, -0.2) is 12.1 Å². The van der Waals surface area contributed by atoms with Crippen LogP contribution in [0.4, 0.5) is 0 Å². The average molecular weight is 277 g/mol. The number of fused-ring (bicyclic) bond motifs is 3. The maximum atomic E-state index is 3.58. The fourth-order valence-electron chi connectivity index (χ4n) is 2.84. The van der Waals surface area contributed by atoms with Gasteiger partial charge < -0.3 is 5.32 Å². The monoisotopic (exact) mass is 277 g/mol. The van der Waals surface area contributed by atoms with Gasteiger partial charge in [0, 0.05) is 12.1 Å². The van der Waals surface area contributed by atoms with Gasteiger partial charge in [0.1, 0.15) is 0 Å². The molecule has 0 amide bonds. The fraction of sp³-hybridized carbons (Fsp3) is 0.300. The van der Waals surface area contributed by atoms with E-state index in [4.69, 9.17) is 0 Å². The predicted molar refractivity (Wildman–Crippen MR) is 91.5 cm³/mol. The maximum Gasteiger partial charge on any atom is 0.0175 e. The fourth-order valence-corrected chi connectivity index (χ4v) is 2.84. The van der Waals surface area contributed by atoms with Gasteiger partial charge in [0.25, 0.3) is 0 Å². The van der Waals surface area contributed by atoms with E-state index in [-0.39, 0.29) is 5.54 Å². The molecule has 0 aliphatic heterocycles. The van der Waals surface area contributed by atoms with Gasteiger partial charge in [-0.05, 0) is 60.9 Å². The normalized spacial score (nSPS) is 14.3. The third-order valence-electron chi connectivity index (χ3n) is 4.00. The summed E-state index contributed by atoms with van der Waals surface area (Å²) in [5.74, 6) is 0. The van der Waals surface area contributed by atoms with Gasteiger partial charge >= 0.3 is 0 Å². The van der Waals surface area contributed by atoms with Crippen molar-refractivity contribution in [3.8, 4) is 11.1 Å². The highest BCUT2D eigenvalue weighted by Gasteiger charge is 2.13. The van der Waals surface area contributed by atoms with Gasteiger partial charge in [-0.25, -0.2) is 0 Å². The van der Waals surface area contributed by atoms with Crippen LogP contribution in [0.3, 0.4) is 0 Å². The van der Waals surface area contributed by atoms with Crippen molar-refractivity contribution in [1.29, 1.82) is 0 Å². The quantitative estimate of drug-likeness (QED) is 0.759. The second-order valence-electron chi connectivity index (χ2n) is 6.88. The first-order chi connectivity index (χ1) is 9.96.